The van der Waals surface area contributed by atoms with Crippen LogP contribution in [-0.4, -0.2) is 26.2 Å². The average Bonchev–Trinajstić information content (AvgIpc) is 3.21. The third-order valence-corrected chi connectivity index (χ3v) is 6.51. The first-order chi connectivity index (χ1) is 17.3. The summed E-state index contributed by atoms with van der Waals surface area (Å²) in [5.74, 6) is -0.640. The highest BCUT2D eigenvalue weighted by Gasteiger charge is 2.24. The van der Waals surface area contributed by atoms with Crippen molar-refractivity contribution in [2.45, 2.75) is 26.2 Å². The fraction of sp³-hybridized carbons (Fsp3) is 0.192. The molecule has 0 fully saturated rings. The van der Waals surface area contributed by atoms with Crippen molar-refractivity contribution in [1.82, 2.24) is 4.98 Å². The number of carbonyl (C=O) groups excluding carboxylic acids is 1. The first-order valence-electron chi connectivity index (χ1n) is 11.2. The quantitative estimate of drug-likeness (QED) is 0.342. The van der Waals surface area contributed by atoms with Gasteiger partial charge in [0, 0.05) is 24.2 Å². The molecule has 36 heavy (non-hydrogen) atoms. The topological polar surface area (TPSA) is 136 Å². The summed E-state index contributed by atoms with van der Waals surface area (Å²) in [6.45, 7) is 1.93. The van der Waals surface area contributed by atoms with Crippen molar-refractivity contribution in [3.05, 3.63) is 94.0 Å². The van der Waals surface area contributed by atoms with E-state index in [0.29, 0.717) is 34.9 Å². The lowest BCUT2D eigenvalue weighted by atomic mass is 10.0. The first kappa shape index (κ1) is 25.0. The predicted molar refractivity (Wildman–Crippen MR) is 132 cm³/mol. The molecule has 2 aromatic heterocycles. The van der Waals surface area contributed by atoms with Crippen LogP contribution in [0.2, 0.25) is 0 Å². The van der Waals surface area contributed by atoms with Gasteiger partial charge >= 0.3 is 0 Å². The van der Waals surface area contributed by atoms with Gasteiger partial charge in [-0.25, -0.2) is 4.39 Å². The highest BCUT2D eigenvalue weighted by molar-refractivity contribution is 7.80. The second-order valence-electron chi connectivity index (χ2n) is 8.13. The normalized spacial score (nSPS) is 11.8. The minimum atomic E-state index is -2.64. The smallest absolute Gasteiger partial charge is 0.252 e. The van der Waals surface area contributed by atoms with E-state index >= 15 is 0 Å². The van der Waals surface area contributed by atoms with Crippen LogP contribution in [0.25, 0.3) is 11.1 Å². The SMILES string of the molecule is CCc1cc2c(C(N)=O)c(Cc3ccc(F)cc3)oc2nc1N(CCc1cccc(C#N)c1)S(=O)[O-]. The van der Waals surface area contributed by atoms with Crippen molar-refractivity contribution in [2.24, 2.45) is 5.73 Å². The second kappa shape index (κ2) is 10.7. The summed E-state index contributed by atoms with van der Waals surface area (Å²) in [5, 5.41) is 9.50. The van der Waals surface area contributed by atoms with Gasteiger partial charge in [0.15, 0.2) is 0 Å². The molecule has 1 unspecified atom stereocenters. The summed E-state index contributed by atoms with van der Waals surface area (Å²) in [6.07, 6.45) is 0.970. The minimum absolute atomic E-state index is 0.0787. The highest BCUT2D eigenvalue weighted by atomic mass is 32.2. The Labute approximate surface area is 209 Å². The maximum Gasteiger partial charge on any atom is 0.252 e. The fourth-order valence-electron chi connectivity index (χ4n) is 4.04. The van der Waals surface area contributed by atoms with E-state index in [1.54, 1.807) is 36.4 Å². The Morgan fingerprint density at radius 3 is 2.61 bits per heavy atom. The van der Waals surface area contributed by atoms with E-state index in [1.807, 2.05) is 13.0 Å². The van der Waals surface area contributed by atoms with E-state index in [1.165, 1.54) is 12.1 Å². The molecule has 0 saturated carbocycles. The zero-order chi connectivity index (χ0) is 25.8. The molecule has 4 aromatic rings. The van der Waals surface area contributed by atoms with E-state index in [0.717, 1.165) is 9.87 Å². The Kier molecular flexibility index (Phi) is 7.43. The fourth-order valence-corrected chi connectivity index (χ4v) is 4.58. The van der Waals surface area contributed by atoms with Crippen LogP contribution in [0.1, 0.15) is 45.3 Å². The summed E-state index contributed by atoms with van der Waals surface area (Å²) in [4.78, 5) is 16.8. The number of rotatable bonds is 9. The molecule has 184 valence electrons. The molecular formula is C26H22FN4O4S-. The first-order valence-corrected chi connectivity index (χ1v) is 12.2. The van der Waals surface area contributed by atoms with Crippen molar-refractivity contribution in [3.63, 3.8) is 0 Å². The number of nitrogens with two attached hydrogens (primary N) is 1. The molecule has 0 bridgehead atoms. The van der Waals surface area contributed by atoms with E-state index in [4.69, 9.17) is 15.4 Å². The lowest BCUT2D eigenvalue weighted by Crippen LogP contribution is -2.29. The second-order valence-corrected chi connectivity index (χ2v) is 9.00. The molecule has 1 atom stereocenters. The molecule has 10 heteroatoms. The number of anilines is 1. The summed E-state index contributed by atoms with van der Waals surface area (Å²) < 4.78 is 44.7. The van der Waals surface area contributed by atoms with Crippen LogP contribution in [0.4, 0.5) is 10.2 Å². The van der Waals surface area contributed by atoms with Gasteiger partial charge in [0.2, 0.25) is 5.71 Å². The van der Waals surface area contributed by atoms with Crippen LogP contribution < -0.4 is 10.0 Å². The number of nitriles is 1. The van der Waals surface area contributed by atoms with E-state index in [2.05, 4.69) is 11.1 Å². The van der Waals surface area contributed by atoms with Crippen LogP contribution >= 0.6 is 0 Å². The molecule has 0 aliphatic heterocycles. The van der Waals surface area contributed by atoms with Crippen molar-refractivity contribution < 1.29 is 22.4 Å². The number of fused-ring (bicyclic) bond motifs is 1. The van der Waals surface area contributed by atoms with Crippen molar-refractivity contribution in [2.75, 3.05) is 10.8 Å². The van der Waals surface area contributed by atoms with Crippen molar-refractivity contribution in [3.8, 4) is 6.07 Å². The Balaban J connectivity index is 1.74. The summed E-state index contributed by atoms with van der Waals surface area (Å²) >= 11 is -2.64. The van der Waals surface area contributed by atoms with E-state index in [9.17, 15) is 17.9 Å². The number of hydrogen-bond acceptors (Lipinski definition) is 6. The van der Waals surface area contributed by atoms with Crippen LogP contribution in [-0.2, 0) is 30.5 Å². The predicted octanol–water partition coefficient (Wildman–Crippen LogP) is 3.93. The van der Waals surface area contributed by atoms with Gasteiger partial charge in [0.25, 0.3) is 5.91 Å². The summed E-state index contributed by atoms with van der Waals surface area (Å²) in [6, 6.07) is 16.4. The van der Waals surface area contributed by atoms with Gasteiger partial charge in [-0.1, -0.05) is 31.2 Å². The summed E-state index contributed by atoms with van der Waals surface area (Å²) in [7, 11) is 0. The number of pyridine rings is 1. The number of aryl methyl sites for hydroxylation is 1. The van der Waals surface area contributed by atoms with Gasteiger partial charge in [-0.15, -0.1) is 0 Å². The molecule has 0 aliphatic carbocycles. The maximum atomic E-state index is 13.3. The average molecular weight is 506 g/mol. The van der Waals surface area contributed by atoms with E-state index in [-0.39, 0.29) is 41.6 Å². The van der Waals surface area contributed by atoms with Gasteiger partial charge in [0.1, 0.15) is 17.4 Å². The number of benzene rings is 2. The van der Waals surface area contributed by atoms with Gasteiger partial charge in [-0.05, 0) is 59.9 Å². The third kappa shape index (κ3) is 5.27. The third-order valence-electron chi connectivity index (χ3n) is 5.79. The zero-order valence-electron chi connectivity index (χ0n) is 19.4. The Bertz CT molecular complexity index is 1490. The molecule has 0 saturated heterocycles. The molecule has 2 aromatic carbocycles. The maximum absolute atomic E-state index is 13.3. The molecule has 0 aliphatic rings. The number of primary amides is 1. The largest absolute Gasteiger partial charge is 0.755 e. The molecular weight excluding hydrogens is 483 g/mol. The summed E-state index contributed by atoms with van der Waals surface area (Å²) in [5.41, 5.74) is 8.48. The zero-order valence-corrected chi connectivity index (χ0v) is 20.2. The van der Waals surface area contributed by atoms with Crippen LogP contribution in [0.3, 0.4) is 0 Å². The van der Waals surface area contributed by atoms with Crippen molar-refractivity contribution >= 4 is 34.1 Å². The Hall–Kier alpha value is -4.07. The van der Waals surface area contributed by atoms with Gasteiger partial charge in [-0.2, -0.15) is 10.2 Å². The van der Waals surface area contributed by atoms with E-state index < -0.39 is 17.2 Å². The van der Waals surface area contributed by atoms with Crippen LogP contribution in [0, 0.1) is 17.1 Å². The lowest BCUT2D eigenvalue weighted by molar-refractivity contribution is 0.1000. The molecule has 0 spiro atoms. The number of aromatic nitrogens is 1. The van der Waals surface area contributed by atoms with Crippen LogP contribution in [0.15, 0.2) is 59.0 Å². The van der Waals surface area contributed by atoms with Crippen LogP contribution in [0.5, 0.6) is 0 Å². The van der Waals surface area contributed by atoms with Gasteiger partial charge in [0.05, 0.1) is 22.6 Å². The molecule has 2 heterocycles. The number of amides is 1. The van der Waals surface area contributed by atoms with Crippen molar-refractivity contribution in [1.29, 1.82) is 5.26 Å². The molecule has 1 amide bonds. The van der Waals surface area contributed by atoms with Gasteiger partial charge in [-0.3, -0.25) is 13.3 Å². The molecule has 0 radical (unpaired) electrons. The number of hydrogen-bond donors (Lipinski definition) is 1. The standard InChI is InChI=1S/C26H23FN4O4S/c1-2-19-14-21-23(24(29)32)22(13-17-6-8-20(27)9-7-17)35-26(21)30-25(19)31(36(33)34)11-10-16-4-3-5-18(12-16)15-28/h3-9,12,14H,2,10-11,13H2,1H3,(H2,29,32)(H,33,34)/p-1. The lowest BCUT2D eigenvalue weighted by Gasteiger charge is -2.27. The number of carbonyl (C=O) groups is 1. The number of halogens is 1. The monoisotopic (exact) mass is 505 g/mol. The number of furan rings is 1. The van der Waals surface area contributed by atoms with Gasteiger partial charge < -0.3 is 14.7 Å². The minimum Gasteiger partial charge on any atom is -0.755 e. The molecule has 4 rings (SSSR count). The molecule has 2 N–H and O–H groups in total. The highest BCUT2D eigenvalue weighted by Crippen LogP contribution is 2.32. The number of nitrogens with zero attached hydrogens (tertiary/aromatic N) is 3. The Morgan fingerprint density at radius 2 is 1.97 bits per heavy atom. The molecule has 8 nitrogen and oxygen atoms in total. The Morgan fingerprint density at radius 1 is 1.22 bits per heavy atom.